The monoisotopic (exact) mass is 236 g/mol. The zero-order chi connectivity index (χ0) is 12.1. The van der Waals surface area contributed by atoms with Crippen molar-refractivity contribution in [3.8, 4) is 5.75 Å². The number of nitrogen functional groups attached to an aromatic ring is 1. The molecule has 4 nitrogen and oxygen atoms in total. The Hall–Kier alpha value is -1.26. The van der Waals surface area contributed by atoms with E-state index in [-0.39, 0.29) is 0 Å². The molecule has 1 aromatic rings. The van der Waals surface area contributed by atoms with Crippen molar-refractivity contribution in [2.75, 3.05) is 45.2 Å². The van der Waals surface area contributed by atoms with Crippen LogP contribution in [-0.2, 0) is 4.74 Å². The Morgan fingerprint density at radius 2 is 2.06 bits per heavy atom. The number of nitrogens with zero attached hydrogens (tertiary/aromatic N) is 1. The molecule has 0 bridgehead atoms. The minimum absolute atomic E-state index is 0.697. The second kappa shape index (κ2) is 5.89. The van der Waals surface area contributed by atoms with Gasteiger partial charge in [-0.15, -0.1) is 0 Å². The van der Waals surface area contributed by atoms with Crippen LogP contribution >= 0.6 is 0 Å². The van der Waals surface area contributed by atoms with E-state index in [0.717, 1.165) is 49.8 Å². The van der Waals surface area contributed by atoms with Crippen molar-refractivity contribution in [2.45, 2.75) is 6.92 Å². The van der Waals surface area contributed by atoms with Gasteiger partial charge in [-0.25, -0.2) is 0 Å². The summed E-state index contributed by atoms with van der Waals surface area (Å²) in [7, 11) is 0. The minimum atomic E-state index is 0.697. The van der Waals surface area contributed by atoms with Gasteiger partial charge in [0.2, 0.25) is 0 Å². The van der Waals surface area contributed by atoms with Crippen molar-refractivity contribution in [2.24, 2.45) is 0 Å². The van der Waals surface area contributed by atoms with Crippen molar-refractivity contribution in [1.82, 2.24) is 4.90 Å². The SMILES string of the molecule is Cc1cc(N)cc(OCCN2CCOCC2)c1. The predicted octanol–water partition coefficient (Wildman–Crippen LogP) is 1.29. The molecule has 1 heterocycles. The largest absolute Gasteiger partial charge is 0.492 e. The fourth-order valence-electron chi connectivity index (χ4n) is 1.98. The summed E-state index contributed by atoms with van der Waals surface area (Å²) < 4.78 is 11.0. The van der Waals surface area contributed by atoms with Gasteiger partial charge in [0, 0.05) is 31.4 Å². The Balaban J connectivity index is 1.77. The molecular weight excluding hydrogens is 216 g/mol. The first-order valence-electron chi connectivity index (χ1n) is 6.04. The molecule has 0 spiro atoms. The van der Waals surface area contributed by atoms with Gasteiger partial charge in [-0.05, 0) is 24.6 Å². The van der Waals surface area contributed by atoms with E-state index < -0.39 is 0 Å². The highest BCUT2D eigenvalue weighted by Gasteiger charge is 2.09. The van der Waals surface area contributed by atoms with Gasteiger partial charge in [0.05, 0.1) is 13.2 Å². The summed E-state index contributed by atoms with van der Waals surface area (Å²) in [6, 6.07) is 5.82. The lowest BCUT2D eigenvalue weighted by Crippen LogP contribution is -2.38. The summed E-state index contributed by atoms with van der Waals surface area (Å²) >= 11 is 0. The Bertz CT molecular complexity index is 342. The van der Waals surface area contributed by atoms with Crippen molar-refractivity contribution in [3.63, 3.8) is 0 Å². The maximum absolute atomic E-state index is 5.77. The lowest BCUT2D eigenvalue weighted by atomic mass is 10.2. The normalized spacial score (nSPS) is 17.0. The van der Waals surface area contributed by atoms with E-state index in [1.54, 1.807) is 0 Å². The summed E-state index contributed by atoms with van der Waals surface area (Å²) in [5, 5.41) is 0. The van der Waals surface area contributed by atoms with Gasteiger partial charge in [0.15, 0.2) is 0 Å². The van der Waals surface area contributed by atoms with Gasteiger partial charge in [-0.2, -0.15) is 0 Å². The number of aryl methyl sites for hydroxylation is 1. The second-order valence-electron chi connectivity index (χ2n) is 4.38. The molecular formula is C13H20N2O2. The van der Waals surface area contributed by atoms with Gasteiger partial charge < -0.3 is 15.2 Å². The highest BCUT2D eigenvalue weighted by Crippen LogP contribution is 2.18. The van der Waals surface area contributed by atoms with Crippen LogP contribution in [0.2, 0.25) is 0 Å². The third kappa shape index (κ3) is 3.91. The first kappa shape index (κ1) is 12.2. The predicted molar refractivity (Wildman–Crippen MR) is 68.3 cm³/mol. The van der Waals surface area contributed by atoms with Crippen LogP contribution in [0.25, 0.3) is 0 Å². The third-order valence-corrected chi connectivity index (χ3v) is 2.85. The lowest BCUT2D eigenvalue weighted by molar-refractivity contribution is 0.0322. The van der Waals surface area contributed by atoms with Gasteiger partial charge in [-0.3, -0.25) is 4.90 Å². The fraction of sp³-hybridized carbons (Fsp3) is 0.538. The number of rotatable bonds is 4. The zero-order valence-corrected chi connectivity index (χ0v) is 10.3. The molecule has 0 aliphatic carbocycles. The zero-order valence-electron chi connectivity index (χ0n) is 10.3. The highest BCUT2D eigenvalue weighted by atomic mass is 16.5. The average molecular weight is 236 g/mol. The number of hydrogen-bond acceptors (Lipinski definition) is 4. The summed E-state index contributed by atoms with van der Waals surface area (Å²) in [6.07, 6.45) is 0. The summed E-state index contributed by atoms with van der Waals surface area (Å²) in [5.41, 5.74) is 7.65. The maximum atomic E-state index is 5.77. The molecule has 0 atom stereocenters. The number of hydrogen-bond donors (Lipinski definition) is 1. The van der Waals surface area contributed by atoms with Gasteiger partial charge in [0.25, 0.3) is 0 Å². The molecule has 1 fully saturated rings. The quantitative estimate of drug-likeness (QED) is 0.800. The Morgan fingerprint density at radius 1 is 1.29 bits per heavy atom. The van der Waals surface area contributed by atoms with Gasteiger partial charge in [-0.1, -0.05) is 0 Å². The molecule has 0 amide bonds. The van der Waals surface area contributed by atoms with Gasteiger partial charge >= 0.3 is 0 Å². The third-order valence-electron chi connectivity index (χ3n) is 2.85. The molecule has 2 N–H and O–H groups in total. The van der Waals surface area contributed by atoms with Crippen molar-refractivity contribution < 1.29 is 9.47 Å². The second-order valence-corrected chi connectivity index (χ2v) is 4.38. The van der Waals surface area contributed by atoms with E-state index in [1.807, 2.05) is 25.1 Å². The Kier molecular flexibility index (Phi) is 4.23. The number of nitrogens with two attached hydrogens (primary N) is 1. The van der Waals surface area contributed by atoms with E-state index in [2.05, 4.69) is 4.90 Å². The van der Waals surface area contributed by atoms with Gasteiger partial charge in [0.1, 0.15) is 12.4 Å². The van der Waals surface area contributed by atoms with E-state index in [1.165, 1.54) is 0 Å². The first-order chi connectivity index (χ1) is 8.24. The van der Waals surface area contributed by atoms with E-state index in [9.17, 15) is 0 Å². The molecule has 2 rings (SSSR count). The van der Waals surface area contributed by atoms with Crippen molar-refractivity contribution in [1.29, 1.82) is 0 Å². The van der Waals surface area contributed by atoms with Crippen LogP contribution in [0.3, 0.4) is 0 Å². The smallest absolute Gasteiger partial charge is 0.121 e. The van der Waals surface area contributed by atoms with Crippen LogP contribution in [0.1, 0.15) is 5.56 Å². The number of morpholine rings is 1. The molecule has 0 saturated carbocycles. The molecule has 0 radical (unpaired) electrons. The maximum Gasteiger partial charge on any atom is 0.121 e. The van der Waals surface area contributed by atoms with Crippen LogP contribution in [0, 0.1) is 6.92 Å². The number of anilines is 1. The summed E-state index contributed by atoms with van der Waals surface area (Å²) in [4.78, 5) is 2.35. The minimum Gasteiger partial charge on any atom is -0.492 e. The van der Waals surface area contributed by atoms with Crippen LogP contribution in [0.4, 0.5) is 5.69 Å². The van der Waals surface area contributed by atoms with Crippen LogP contribution < -0.4 is 10.5 Å². The van der Waals surface area contributed by atoms with Crippen LogP contribution in [-0.4, -0.2) is 44.4 Å². The van der Waals surface area contributed by atoms with E-state index in [0.29, 0.717) is 6.61 Å². The molecule has 17 heavy (non-hydrogen) atoms. The molecule has 0 aromatic heterocycles. The Labute approximate surface area is 102 Å². The van der Waals surface area contributed by atoms with Crippen molar-refractivity contribution in [3.05, 3.63) is 23.8 Å². The molecule has 1 saturated heterocycles. The molecule has 94 valence electrons. The van der Waals surface area contributed by atoms with Crippen LogP contribution in [0.5, 0.6) is 5.75 Å². The molecule has 1 aromatic carbocycles. The van der Waals surface area contributed by atoms with Crippen LogP contribution in [0.15, 0.2) is 18.2 Å². The van der Waals surface area contributed by atoms with E-state index in [4.69, 9.17) is 15.2 Å². The summed E-state index contributed by atoms with van der Waals surface area (Å²) in [5.74, 6) is 0.857. The molecule has 0 unspecified atom stereocenters. The molecule has 1 aliphatic rings. The lowest BCUT2D eigenvalue weighted by Gasteiger charge is -2.26. The number of benzene rings is 1. The molecule has 1 aliphatic heterocycles. The van der Waals surface area contributed by atoms with Crippen molar-refractivity contribution >= 4 is 5.69 Å². The van der Waals surface area contributed by atoms with E-state index >= 15 is 0 Å². The number of ether oxygens (including phenoxy) is 2. The topological polar surface area (TPSA) is 47.7 Å². The summed E-state index contributed by atoms with van der Waals surface area (Å²) in [6.45, 7) is 7.32. The fourth-order valence-corrected chi connectivity index (χ4v) is 1.98. The molecule has 4 heteroatoms. The standard InChI is InChI=1S/C13H20N2O2/c1-11-8-12(14)10-13(9-11)17-7-4-15-2-5-16-6-3-15/h8-10H,2-7,14H2,1H3. The highest BCUT2D eigenvalue weighted by molar-refractivity contribution is 5.47. The average Bonchev–Trinajstić information content (AvgIpc) is 2.29. The Morgan fingerprint density at radius 3 is 2.76 bits per heavy atom. The first-order valence-corrected chi connectivity index (χ1v) is 6.04.